The lowest BCUT2D eigenvalue weighted by atomic mass is 10.0. The first-order valence-corrected chi connectivity index (χ1v) is 39.7. The summed E-state index contributed by atoms with van der Waals surface area (Å²) < 4.78 is 34.7. The zero-order valence-corrected chi connectivity index (χ0v) is 62.7. The van der Waals surface area contributed by atoms with Crippen LogP contribution >= 0.6 is 7.82 Å². The van der Waals surface area contributed by atoms with Crippen LogP contribution in [0.25, 0.3) is 0 Å². The molecule has 0 aromatic carbocycles. The lowest BCUT2D eigenvalue weighted by molar-refractivity contribution is -0.870. The summed E-state index contributed by atoms with van der Waals surface area (Å²) in [5.41, 5.74) is 0. The SMILES string of the molecule is CC/C=C\C/C=C\C/C=C\C/C=C\C/C=C\C/C=C\C/C=C\C/C=C\C/C=C\C/C=C\CCCCCCC(=O)OC(COC(=O)CCCCCCCCCCCCCCCCCCCC/C=C\C/C=C\C/C=C\C/C=C\C/C=C\C/C=C\CC)COP(=O)(O)OCC[N+](C)(C)C. The number of phosphoric ester groups is 1. The number of nitrogens with zero attached hydrogens (tertiary/aromatic N) is 1. The predicted octanol–water partition coefficient (Wildman–Crippen LogP) is 25.6. The number of phosphoric acid groups is 1. The molecule has 9 nitrogen and oxygen atoms in total. The van der Waals surface area contributed by atoms with E-state index in [0.717, 1.165) is 148 Å². The first-order chi connectivity index (χ1) is 47.0. The van der Waals surface area contributed by atoms with Gasteiger partial charge in [-0.25, -0.2) is 4.57 Å². The summed E-state index contributed by atoms with van der Waals surface area (Å²) in [5.74, 6) is -0.833. The molecule has 0 aromatic rings. The van der Waals surface area contributed by atoms with E-state index in [-0.39, 0.29) is 32.0 Å². The Morgan fingerprint density at radius 3 is 0.833 bits per heavy atom. The first kappa shape index (κ1) is 90.8. The summed E-state index contributed by atoms with van der Waals surface area (Å²) in [6.45, 7) is 4.17. The molecule has 2 atom stereocenters. The number of allylic oxidation sites excluding steroid dienone is 32. The monoisotopic (exact) mass is 1350 g/mol. The molecule has 0 aromatic heterocycles. The van der Waals surface area contributed by atoms with Crippen molar-refractivity contribution < 1.29 is 42.1 Å². The van der Waals surface area contributed by atoms with Crippen LogP contribution in [0.2, 0.25) is 0 Å². The van der Waals surface area contributed by atoms with Gasteiger partial charge in [0.15, 0.2) is 6.10 Å². The van der Waals surface area contributed by atoms with E-state index in [0.29, 0.717) is 17.4 Å². The number of quaternary nitrogens is 1. The van der Waals surface area contributed by atoms with Crippen LogP contribution in [0, 0.1) is 0 Å². The van der Waals surface area contributed by atoms with Gasteiger partial charge in [0.2, 0.25) is 0 Å². The fourth-order valence-electron chi connectivity index (χ4n) is 9.87. The molecule has 0 aliphatic rings. The van der Waals surface area contributed by atoms with E-state index >= 15 is 0 Å². The molecule has 96 heavy (non-hydrogen) atoms. The molecular formula is C86H141NO8P+. The molecule has 0 aliphatic carbocycles. The summed E-state index contributed by atoms with van der Waals surface area (Å²) in [4.78, 5) is 35.9. The standard InChI is InChI=1S/C86H140NO8P/c1-6-8-10-12-14-16-18-20-22-24-26-28-30-32-34-36-38-40-42-43-45-46-48-50-52-54-56-58-60-62-64-66-68-70-72-74-76-78-85(88)92-82-84(83-94-96(90,91)93-81-80-87(3,4)5)95-86(89)79-77-75-73-71-69-67-65-63-61-59-57-55-53-51-49-47-44-41-39-37-35-33-31-29-27-25-23-21-19-17-15-13-11-9-7-2/h8-11,14-17,20-23,26-29,32-35,38-41,47,49,53,55,59,61,65,67,84H,6-7,12-13,18-19,24-25,30-31,36-37,42-46,48,50-52,54,56-58,60,62-64,66,68-83H2,1-5H3/p+1/b10-8-,11-9-,16-14-,17-15-,22-20-,23-21-,28-26-,29-27-,34-32-,35-33-,40-38-,41-39-,49-47-,55-53-,61-59-,67-65-. The first-order valence-electron chi connectivity index (χ1n) is 38.2. The Kier molecular flexibility index (Phi) is 70.1. The highest BCUT2D eigenvalue weighted by Gasteiger charge is 2.27. The summed E-state index contributed by atoms with van der Waals surface area (Å²) in [7, 11) is 1.44. The maximum absolute atomic E-state index is 12.9. The van der Waals surface area contributed by atoms with E-state index in [1.165, 1.54) is 103 Å². The molecule has 0 bridgehead atoms. The summed E-state index contributed by atoms with van der Waals surface area (Å²) in [6, 6.07) is 0. The second kappa shape index (κ2) is 74.1. The van der Waals surface area contributed by atoms with Gasteiger partial charge < -0.3 is 18.9 Å². The lowest BCUT2D eigenvalue weighted by Crippen LogP contribution is -2.37. The highest BCUT2D eigenvalue weighted by Crippen LogP contribution is 2.43. The number of rotatable bonds is 68. The lowest BCUT2D eigenvalue weighted by Gasteiger charge is -2.24. The van der Waals surface area contributed by atoms with Gasteiger partial charge >= 0.3 is 19.8 Å². The predicted molar refractivity (Wildman–Crippen MR) is 417 cm³/mol. The topological polar surface area (TPSA) is 108 Å². The van der Waals surface area contributed by atoms with Gasteiger partial charge in [-0.15, -0.1) is 0 Å². The highest BCUT2D eigenvalue weighted by molar-refractivity contribution is 7.47. The summed E-state index contributed by atoms with van der Waals surface area (Å²) in [6.07, 6.45) is 116. The van der Waals surface area contributed by atoms with Crippen LogP contribution < -0.4 is 0 Å². The van der Waals surface area contributed by atoms with Gasteiger partial charge in [0.05, 0.1) is 27.7 Å². The second-order valence-corrected chi connectivity index (χ2v) is 27.4. The Morgan fingerprint density at radius 2 is 0.562 bits per heavy atom. The van der Waals surface area contributed by atoms with Gasteiger partial charge in [-0.05, 0) is 141 Å². The zero-order chi connectivity index (χ0) is 69.7. The molecule has 0 saturated carbocycles. The number of carbonyl (C=O) groups is 2. The Labute approximate surface area is 590 Å². The number of hydrogen-bond donors (Lipinski definition) is 1. The van der Waals surface area contributed by atoms with Gasteiger partial charge in [-0.1, -0.05) is 324 Å². The number of ether oxygens (including phenoxy) is 2. The zero-order valence-electron chi connectivity index (χ0n) is 61.8. The van der Waals surface area contributed by atoms with Gasteiger partial charge in [0.25, 0.3) is 0 Å². The minimum Gasteiger partial charge on any atom is -0.462 e. The van der Waals surface area contributed by atoms with Crippen molar-refractivity contribution in [1.82, 2.24) is 0 Å². The van der Waals surface area contributed by atoms with E-state index < -0.39 is 26.5 Å². The molecule has 0 amide bonds. The molecule has 0 radical (unpaired) electrons. The third-order valence-corrected chi connectivity index (χ3v) is 16.6. The molecule has 0 saturated heterocycles. The molecule has 0 spiro atoms. The van der Waals surface area contributed by atoms with Crippen molar-refractivity contribution in [3.05, 3.63) is 194 Å². The Hall–Kier alpha value is -5.15. The maximum Gasteiger partial charge on any atom is 0.472 e. The Morgan fingerprint density at radius 1 is 0.323 bits per heavy atom. The third-order valence-electron chi connectivity index (χ3n) is 15.6. The van der Waals surface area contributed by atoms with Gasteiger partial charge in [0, 0.05) is 12.8 Å². The smallest absolute Gasteiger partial charge is 0.462 e. The quantitative estimate of drug-likeness (QED) is 0.0211. The van der Waals surface area contributed by atoms with Crippen LogP contribution in [0.1, 0.15) is 284 Å². The maximum atomic E-state index is 12.9. The van der Waals surface area contributed by atoms with Crippen LogP contribution in [0.4, 0.5) is 0 Å². The molecule has 0 fully saturated rings. The molecule has 1 N–H and O–H groups in total. The second-order valence-electron chi connectivity index (χ2n) is 25.9. The highest BCUT2D eigenvalue weighted by atomic mass is 31.2. The molecular weight excluding hydrogens is 1210 g/mol. The number of likely N-dealkylation sites (N-methyl/N-ethyl adjacent to an activating group) is 1. The van der Waals surface area contributed by atoms with E-state index in [2.05, 4.69) is 208 Å². The van der Waals surface area contributed by atoms with Crippen molar-refractivity contribution in [2.24, 2.45) is 0 Å². The molecule has 0 rings (SSSR count). The van der Waals surface area contributed by atoms with Crippen LogP contribution in [0.15, 0.2) is 194 Å². The van der Waals surface area contributed by atoms with Crippen LogP contribution in [0.5, 0.6) is 0 Å². The fourth-order valence-corrected chi connectivity index (χ4v) is 10.6. The molecule has 10 heteroatoms. The minimum absolute atomic E-state index is 0.0174. The van der Waals surface area contributed by atoms with E-state index in [1.807, 2.05) is 21.1 Å². The number of unbranched alkanes of at least 4 members (excludes halogenated alkanes) is 22. The van der Waals surface area contributed by atoms with E-state index in [9.17, 15) is 19.0 Å². The molecule has 0 aliphatic heterocycles. The fraction of sp³-hybridized carbons (Fsp3) is 0.605. The van der Waals surface area contributed by atoms with Crippen molar-refractivity contribution in [1.29, 1.82) is 0 Å². The number of carbonyl (C=O) groups excluding carboxylic acids is 2. The van der Waals surface area contributed by atoms with E-state index in [4.69, 9.17) is 18.5 Å². The van der Waals surface area contributed by atoms with Crippen molar-refractivity contribution in [2.75, 3.05) is 47.5 Å². The van der Waals surface area contributed by atoms with Crippen molar-refractivity contribution in [3.8, 4) is 0 Å². The summed E-state index contributed by atoms with van der Waals surface area (Å²) in [5, 5.41) is 0. The number of hydrogen-bond acceptors (Lipinski definition) is 7. The average Bonchev–Trinajstić information content (AvgIpc) is 2.74. The van der Waals surface area contributed by atoms with Gasteiger partial charge in [-0.3, -0.25) is 18.6 Å². The van der Waals surface area contributed by atoms with Crippen LogP contribution in [0.3, 0.4) is 0 Å². The molecule has 2 unspecified atom stereocenters. The van der Waals surface area contributed by atoms with Gasteiger partial charge in [-0.2, -0.15) is 0 Å². The average molecular weight is 1350 g/mol. The van der Waals surface area contributed by atoms with Crippen molar-refractivity contribution >= 4 is 19.8 Å². The van der Waals surface area contributed by atoms with E-state index in [1.54, 1.807) is 0 Å². The third kappa shape index (κ3) is 77.9. The van der Waals surface area contributed by atoms with Crippen LogP contribution in [-0.4, -0.2) is 74.9 Å². The van der Waals surface area contributed by atoms with Crippen LogP contribution in [-0.2, 0) is 32.7 Å². The van der Waals surface area contributed by atoms with Crippen molar-refractivity contribution in [2.45, 2.75) is 290 Å². The van der Waals surface area contributed by atoms with Gasteiger partial charge in [0.1, 0.15) is 19.8 Å². The summed E-state index contributed by atoms with van der Waals surface area (Å²) >= 11 is 0. The molecule has 0 heterocycles. The minimum atomic E-state index is -4.42. The Bertz CT molecular complexity index is 2330. The molecule has 542 valence electrons. The number of esters is 2. The normalized spacial score (nSPS) is 14.2. The largest absolute Gasteiger partial charge is 0.472 e. The Balaban J connectivity index is 4.11. The van der Waals surface area contributed by atoms with Crippen molar-refractivity contribution in [3.63, 3.8) is 0 Å².